The fourth-order valence-electron chi connectivity index (χ4n) is 11.2. The summed E-state index contributed by atoms with van der Waals surface area (Å²) in [6, 6.07) is 77.6. The van der Waals surface area contributed by atoms with Crippen molar-refractivity contribution in [3.05, 3.63) is 242 Å². The number of fused-ring (bicyclic) bond motifs is 4. The standard InChI is InChI=1S/C66H50N8/c1-3-13-47(14-4-1)65-69-59-19-7-9-21-63(59)73(65)53-29-23-45(24-30-53)57-35-33-55(43-67-57)71-39-11-17-51-41-49(27-37-61(51)71)50-28-38-62-52(42-50)18-12-40-72(62)56-34-36-58(68-44-56)46-25-31-54(32-26-46)74-64-22-10-8-20-60(64)70-66(74)48-15-5-2-6-16-48/h1-10,13-16,19-38,41-44H,11-12,17-18,39-40H2. The van der Waals surface area contributed by atoms with Crippen LogP contribution in [0.4, 0.5) is 22.7 Å². The number of pyridine rings is 2. The quantitative estimate of drug-likeness (QED) is 0.144. The predicted molar refractivity (Wildman–Crippen MR) is 302 cm³/mol. The normalized spacial score (nSPS) is 13.3. The van der Waals surface area contributed by atoms with Crippen molar-refractivity contribution < 1.29 is 0 Å². The van der Waals surface area contributed by atoms with Gasteiger partial charge >= 0.3 is 0 Å². The van der Waals surface area contributed by atoms with Crippen LogP contribution in [0.1, 0.15) is 24.0 Å². The summed E-state index contributed by atoms with van der Waals surface area (Å²) in [4.78, 5) is 24.9. The zero-order chi connectivity index (χ0) is 49.0. The second-order valence-electron chi connectivity index (χ2n) is 19.3. The molecule has 74 heavy (non-hydrogen) atoms. The van der Waals surface area contributed by atoms with Crippen LogP contribution in [0.3, 0.4) is 0 Å². The van der Waals surface area contributed by atoms with Gasteiger partial charge in [-0.3, -0.25) is 19.1 Å². The molecular formula is C66H50N8. The Morgan fingerprint density at radius 3 is 1.14 bits per heavy atom. The maximum Gasteiger partial charge on any atom is 0.145 e. The minimum absolute atomic E-state index is 0.931. The van der Waals surface area contributed by atoms with E-state index in [9.17, 15) is 0 Å². The van der Waals surface area contributed by atoms with Crippen LogP contribution < -0.4 is 9.80 Å². The van der Waals surface area contributed by atoms with Crippen molar-refractivity contribution in [3.63, 3.8) is 0 Å². The first-order valence-corrected chi connectivity index (χ1v) is 25.7. The van der Waals surface area contributed by atoms with Crippen molar-refractivity contribution >= 4 is 44.8 Å². The molecule has 4 aromatic heterocycles. The van der Waals surface area contributed by atoms with E-state index < -0.39 is 0 Å². The van der Waals surface area contributed by atoms with Gasteiger partial charge in [0, 0.05) is 58.1 Å². The Morgan fingerprint density at radius 1 is 0.324 bits per heavy atom. The Morgan fingerprint density at radius 2 is 0.716 bits per heavy atom. The number of anilines is 4. The Kier molecular flexibility index (Phi) is 10.7. The second-order valence-corrected chi connectivity index (χ2v) is 19.3. The van der Waals surface area contributed by atoms with Crippen molar-refractivity contribution in [2.75, 3.05) is 22.9 Å². The summed E-state index contributed by atoms with van der Waals surface area (Å²) in [7, 11) is 0. The topological polar surface area (TPSA) is 67.9 Å². The van der Waals surface area contributed by atoms with Crippen LogP contribution >= 0.6 is 0 Å². The fraction of sp³-hybridized carbons (Fsp3) is 0.0909. The minimum Gasteiger partial charge on any atom is -0.340 e. The van der Waals surface area contributed by atoms with Gasteiger partial charge in [0.05, 0.1) is 57.2 Å². The lowest BCUT2D eigenvalue weighted by molar-refractivity contribution is 0.765. The highest BCUT2D eigenvalue weighted by Gasteiger charge is 2.23. The van der Waals surface area contributed by atoms with Crippen molar-refractivity contribution in [1.82, 2.24) is 29.1 Å². The van der Waals surface area contributed by atoms with Crippen LogP contribution in [0.15, 0.2) is 231 Å². The van der Waals surface area contributed by atoms with Gasteiger partial charge < -0.3 is 9.80 Å². The second kappa shape index (κ2) is 18.3. The molecule has 14 rings (SSSR count). The van der Waals surface area contributed by atoms with Crippen LogP contribution in [0, 0.1) is 0 Å². The highest BCUT2D eigenvalue weighted by atomic mass is 15.2. The molecule has 0 atom stereocenters. The molecule has 2 aliphatic heterocycles. The molecule has 0 saturated heterocycles. The van der Waals surface area contributed by atoms with Gasteiger partial charge in [0.25, 0.3) is 0 Å². The Labute approximate surface area is 430 Å². The van der Waals surface area contributed by atoms with Gasteiger partial charge in [-0.2, -0.15) is 0 Å². The van der Waals surface area contributed by atoms with E-state index >= 15 is 0 Å². The number of benzene rings is 8. The van der Waals surface area contributed by atoms with Gasteiger partial charge in [0.15, 0.2) is 0 Å². The monoisotopic (exact) mass is 954 g/mol. The van der Waals surface area contributed by atoms with Crippen LogP contribution in [-0.2, 0) is 12.8 Å². The largest absolute Gasteiger partial charge is 0.340 e. The molecule has 8 aromatic carbocycles. The SMILES string of the molecule is c1ccc(-c2nc3ccccc3n2-c2ccc(-c3ccc(N4CCCc5cc(-c6ccc7c(c6)CCCN7c6ccc(-c7ccc(-n8c(-c9ccccc9)nc9ccccc98)cc7)nc6)ccc54)cn3)cc2)cc1. The molecule has 0 amide bonds. The molecule has 0 bridgehead atoms. The lowest BCUT2D eigenvalue weighted by atomic mass is 9.93. The predicted octanol–water partition coefficient (Wildman–Crippen LogP) is 15.7. The number of aryl methyl sites for hydroxylation is 2. The number of hydrogen-bond acceptors (Lipinski definition) is 6. The first-order valence-electron chi connectivity index (χ1n) is 25.7. The number of hydrogen-bond donors (Lipinski definition) is 0. The van der Waals surface area contributed by atoms with Crippen molar-refractivity contribution in [3.8, 4) is 67.8 Å². The van der Waals surface area contributed by atoms with Crippen LogP contribution in [-0.4, -0.2) is 42.2 Å². The zero-order valence-electron chi connectivity index (χ0n) is 40.8. The summed E-state index contributed by atoms with van der Waals surface area (Å²) in [6.07, 6.45) is 8.35. The molecule has 0 fully saturated rings. The molecule has 2 aliphatic rings. The Hall–Kier alpha value is -9.40. The maximum atomic E-state index is 5.02. The van der Waals surface area contributed by atoms with Gasteiger partial charge in [-0.25, -0.2) is 9.97 Å². The lowest BCUT2D eigenvalue weighted by Crippen LogP contribution is -2.25. The molecule has 0 radical (unpaired) electrons. The molecule has 0 aliphatic carbocycles. The molecule has 354 valence electrons. The van der Waals surface area contributed by atoms with E-state index in [4.69, 9.17) is 19.9 Å². The molecule has 0 unspecified atom stereocenters. The lowest BCUT2D eigenvalue weighted by Gasteiger charge is -2.32. The third-order valence-corrected chi connectivity index (χ3v) is 14.9. The average Bonchev–Trinajstić information content (AvgIpc) is 4.07. The number of rotatable bonds is 9. The van der Waals surface area contributed by atoms with Crippen molar-refractivity contribution in [2.45, 2.75) is 25.7 Å². The molecule has 8 heteroatoms. The van der Waals surface area contributed by atoms with Crippen LogP contribution in [0.5, 0.6) is 0 Å². The van der Waals surface area contributed by atoms with Crippen molar-refractivity contribution in [2.24, 2.45) is 0 Å². The van der Waals surface area contributed by atoms with Crippen LogP contribution in [0.25, 0.3) is 89.9 Å². The molecule has 0 saturated carbocycles. The number of nitrogens with zero attached hydrogens (tertiary/aromatic N) is 8. The van der Waals surface area contributed by atoms with E-state index in [2.05, 4.69) is 213 Å². The van der Waals surface area contributed by atoms with Gasteiger partial charge in [-0.1, -0.05) is 121 Å². The van der Waals surface area contributed by atoms with E-state index in [1.807, 2.05) is 36.7 Å². The first kappa shape index (κ1) is 43.4. The molecular weight excluding hydrogens is 905 g/mol. The highest BCUT2D eigenvalue weighted by Crippen LogP contribution is 2.40. The summed E-state index contributed by atoms with van der Waals surface area (Å²) in [6.45, 7) is 1.92. The van der Waals surface area contributed by atoms with Gasteiger partial charge in [-0.05, 0) is 145 Å². The van der Waals surface area contributed by atoms with Crippen LogP contribution in [0.2, 0.25) is 0 Å². The molecule has 0 N–H and O–H groups in total. The van der Waals surface area contributed by atoms with Gasteiger partial charge in [0.2, 0.25) is 0 Å². The maximum absolute atomic E-state index is 5.02. The third-order valence-electron chi connectivity index (χ3n) is 14.9. The number of aromatic nitrogens is 6. The van der Waals surface area contributed by atoms with Gasteiger partial charge in [0.1, 0.15) is 11.6 Å². The first-order chi connectivity index (χ1) is 36.7. The number of imidazole rings is 2. The molecule has 0 spiro atoms. The average molecular weight is 955 g/mol. The summed E-state index contributed by atoms with van der Waals surface area (Å²) in [5, 5.41) is 0. The van der Waals surface area contributed by atoms with E-state index in [0.29, 0.717) is 0 Å². The van der Waals surface area contributed by atoms with E-state index in [1.165, 1.54) is 33.6 Å². The highest BCUT2D eigenvalue weighted by molar-refractivity contribution is 5.85. The number of para-hydroxylation sites is 4. The third kappa shape index (κ3) is 7.79. The van der Waals surface area contributed by atoms with Gasteiger partial charge in [-0.15, -0.1) is 0 Å². The molecule has 12 aromatic rings. The van der Waals surface area contributed by atoms with E-state index in [1.54, 1.807) is 0 Å². The van der Waals surface area contributed by atoms with E-state index in [0.717, 1.165) is 129 Å². The minimum atomic E-state index is 0.931. The smallest absolute Gasteiger partial charge is 0.145 e. The Balaban J connectivity index is 0.672. The van der Waals surface area contributed by atoms with E-state index in [-0.39, 0.29) is 0 Å². The molecule has 6 heterocycles. The van der Waals surface area contributed by atoms with Crippen molar-refractivity contribution in [1.29, 1.82) is 0 Å². The summed E-state index contributed by atoms with van der Waals surface area (Å²) >= 11 is 0. The summed E-state index contributed by atoms with van der Waals surface area (Å²) in [5.74, 6) is 1.86. The fourth-order valence-corrected chi connectivity index (χ4v) is 11.2. The zero-order valence-corrected chi connectivity index (χ0v) is 40.8. The Bertz CT molecular complexity index is 3730. The summed E-state index contributed by atoms with van der Waals surface area (Å²) in [5.41, 5.74) is 22.5. The summed E-state index contributed by atoms with van der Waals surface area (Å²) < 4.78 is 4.49. The molecule has 8 nitrogen and oxygen atoms in total.